The second-order valence-corrected chi connectivity index (χ2v) is 5.90. The molecule has 2 amide bonds. The smallest absolute Gasteiger partial charge is 0.326 e. The van der Waals surface area contributed by atoms with Crippen LogP contribution in [-0.2, 0) is 20.8 Å². The van der Waals surface area contributed by atoms with E-state index in [1.54, 1.807) is 0 Å². The van der Waals surface area contributed by atoms with Crippen LogP contribution >= 0.6 is 0 Å². The topological polar surface area (TPSA) is 95.5 Å². The zero-order valence-electron chi connectivity index (χ0n) is 13.0. The fourth-order valence-electron chi connectivity index (χ4n) is 2.33. The molecular formula is C17H22N2O4. The molecule has 1 fully saturated rings. The molecule has 1 unspecified atom stereocenters. The van der Waals surface area contributed by atoms with E-state index in [9.17, 15) is 14.4 Å². The number of carbonyl (C=O) groups is 3. The van der Waals surface area contributed by atoms with Gasteiger partial charge in [0.1, 0.15) is 6.04 Å². The average molecular weight is 318 g/mol. The molecule has 0 aliphatic heterocycles. The normalized spacial score (nSPS) is 14.8. The summed E-state index contributed by atoms with van der Waals surface area (Å²) in [5, 5.41) is 14.3. The predicted octanol–water partition coefficient (Wildman–Crippen LogP) is 1.10. The van der Waals surface area contributed by atoms with Crippen LogP contribution in [0.2, 0.25) is 0 Å². The summed E-state index contributed by atoms with van der Waals surface area (Å²) in [4.78, 5) is 34.6. The number of carboxylic acid groups (broad SMARTS) is 1. The van der Waals surface area contributed by atoms with E-state index >= 15 is 0 Å². The number of carboxylic acids is 1. The van der Waals surface area contributed by atoms with Crippen molar-refractivity contribution < 1.29 is 19.5 Å². The standard InChI is InChI=1S/C17H22N2O4/c20-15(19-14(17(22)23)10-13-6-7-13)8-9-18-16(21)11-12-4-2-1-3-5-12/h1-5,13-14H,6-11H2,(H,18,21)(H,19,20)(H,22,23). The van der Waals surface area contributed by atoms with Crippen LogP contribution in [0.5, 0.6) is 0 Å². The molecule has 124 valence electrons. The maximum atomic E-state index is 11.8. The second kappa shape index (κ2) is 8.31. The Morgan fingerprint density at radius 2 is 1.83 bits per heavy atom. The zero-order chi connectivity index (χ0) is 16.7. The zero-order valence-corrected chi connectivity index (χ0v) is 13.0. The minimum atomic E-state index is -1.00. The first-order valence-corrected chi connectivity index (χ1v) is 7.87. The van der Waals surface area contributed by atoms with Crippen molar-refractivity contribution >= 4 is 17.8 Å². The third-order valence-corrected chi connectivity index (χ3v) is 3.78. The Morgan fingerprint density at radius 3 is 2.43 bits per heavy atom. The second-order valence-electron chi connectivity index (χ2n) is 5.90. The van der Waals surface area contributed by atoms with Crippen LogP contribution in [-0.4, -0.2) is 35.5 Å². The number of benzene rings is 1. The fourth-order valence-corrected chi connectivity index (χ4v) is 2.33. The summed E-state index contributed by atoms with van der Waals surface area (Å²) in [6.07, 6.45) is 2.91. The highest BCUT2D eigenvalue weighted by molar-refractivity contribution is 5.84. The number of rotatable bonds is 9. The highest BCUT2D eigenvalue weighted by Crippen LogP contribution is 2.33. The summed E-state index contributed by atoms with van der Waals surface area (Å²) in [5.74, 6) is -1.09. The predicted molar refractivity (Wildman–Crippen MR) is 84.7 cm³/mol. The van der Waals surface area contributed by atoms with E-state index in [0.717, 1.165) is 18.4 Å². The van der Waals surface area contributed by atoms with Gasteiger partial charge in [-0.1, -0.05) is 43.2 Å². The molecule has 0 radical (unpaired) electrons. The third kappa shape index (κ3) is 6.50. The van der Waals surface area contributed by atoms with Crippen molar-refractivity contribution in [1.82, 2.24) is 10.6 Å². The Labute approximate surface area is 135 Å². The van der Waals surface area contributed by atoms with Gasteiger partial charge in [-0.15, -0.1) is 0 Å². The number of amides is 2. The molecule has 2 rings (SSSR count). The van der Waals surface area contributed by atoms with E-state index in [4.69, 9.17) is 5.11 Å². The fraction of sp³-hybridized carbons (Fsp3) is 0.471. The van der Waals surface area contributed by atoms with Gasteiger partial charge < -0.3 is 15.7 Å². The van der Waals surface area contributed by atoms with Gasteiger partial charge in [-0.25, -0.2) is 4.79 Å². The summed E-state index contributed by atoms with van der Waals surface area (Å²) in [7, 11) is 0. The molecule has 0 aromatic heterocycles. The van der Waals surface area contributed by atoms with Gasteiger partial charge in [0.15, 0.2) is 0 Å². The van der Waals surface area contributed by atoms with Crippen molar-refractivity contribution in [2.24, 2.45) is 5.92 Å². The first-order chi connectivity index (χ1) is 11.0. The van der Waals surface area contributed by atoms with Gasteiger partial charge in [0, 0.05) is 13.0 Å². The van der Waals surface area contributed by atoms with Crippen molar-refractivity contribution in [3.63, 3.8) is 0 Å². The van der Waals surface area contributed by atoms with Crippen LogP contribution in [0.1, 0.15) is 31.2 Å². The molecule has 6 heteroatoms. The molecule has 1 aromatic carbocycles. The SMILES string of the molecule is O=C(Cc1ccccc1)NCCC(=O)NC(CC1CC1)C(=O)O. The van der Waals surface area contributed by atoms with Crippen LogP contribution in [0, 0.1) is 5.92 Å². The van der Waals surface area contributed by atoms with E-state index in [0.29, 0.717) is 12.3 Å². The molecule has 6 nitrogen and oxygen atoms in total. The summed E-state index contributed by atoms with van der Waals surface area (Å²) >= 11 is 0. The largest absolute Gasteiger partial charge is 0.480 e. The summed E-state index contributed by atoms with van der Waals surface area (Å²) in [6.45, 7) is 0.202. The lowest BCUT2D eigenvalue weighted by atomic mass is 10.1. The van der Waals surface area contributed by atoms with Gasteiger partial charge in [-0.3, -0.25) is 9.59 Å². The number of hydrogen-bond acceptors (Lipinski definition) is 3. The van der Waals surface area contributed by atoms with Gasteiger partial charge in [-0.2, -0.15) is 0 Å². The van der Waals surface area contributed by atoms with Crippen LogP contribution in [0.15, 0.2) is 30.3 Å². The van der Waals surface area contributed by atoms with Crippen molar-refractivity contribution in [3.8, 4) is 0 Å². The quantitative estimate of drug-likeness (QED) is 0.635. The van der Waals surface area contributed by atoms with Gasteiger partial charge in [0.25, 0.3) is 0 Å². The highest BCUT2D eigenvalue weighted by Gasteiger charge is 2.30. The lowest BCUT2D eigenvalue weighted by molar-refractivity contribution is -0.142. The van der Waals surface area contributed by atoms with E-state index in [1.807, 2.05) is 30.3 Å². The van der Waals surface area contributed by atoms with Gasteiger partial charge >= 0.3 is 5.97 Å². The molecule has 1 saturated carbocycles. The molecule has 1 aliphatic carbocycles. The summed E-state index contributed by atoms with van der Waals surface area (Å²) in [6, 6.07) is 8.51. The number of nitrogens with one attached hydrogen (secondary N) is 2. The Hall–Kier alpha value is -2.37. The van der Waals surface area contributed by atoms with E-state index < -0.39 is 12.0 Å². The van der Waals surface area contributed by atoms with Gasteiger partial charge in [-0.05, 0) is 17.9 Å². The maximum absolute atomic E-state index is 11.8. The van der Waals surface area contributed by atoms with Crippen molar-refractivity contribution in [2.75, 3.05) is 6.54 Å². The summed E-state index contributed by atoms with van der Waals surface area (Å²) in [5.41, 5.74) is 0.907. The molecule has 0 saturated heterocycles. The average Bonchev–Trinajstić information content (AvgIpc) is 3.31. The molecule has 1 aromatic rings. The Morgan fingerprint density at radius 1 is 1.13 bits per heavy atom. The molecule has 1 aliphatic rings. The minimum absolute atomic E-state index is 0.0783. The minimum Gasteiger partial charge on any atom is -0.480 e. The third-order valence-electron chi connectivity index (χ3n) is 3.78. The number of carbonyl (C=O) groups excluding carboxylic acids is 2. The lowest BCUT2D eigenvalue weighted by Gasteiger charge is -2.14. The van der Waals surface area contributed by atoms with Crippen molar-refractivity contribution in [2.45, 2.75) is 38.1 Å². The lowest BCUT2D eigenvalue weighted by Crippen LogP contribution is -2.42. The van der Waals surface area contributed by atoms with E-state index in [-0.39, 0.29) is 31.2 Å². The highest BCUT2D eigenvalue weighted by atomic mass is 16.4. The molecular weight excluding hydrogens is 296 g/mol. The van der Waals surface area contributed by atoms with E-state index in [1.165, 1.54) is 0 Å². The molecule has 3 N–H and O–H groups in total. The van der Waals surface area contributed by atoms with Gasteiger partial charge in [0.05, 0.1) is 6.42 Å². The monoisotopic (exact) mass is 318 g/mol. The van der Waals surface area contributed by atoms with Gasteiger partial charge in [0.2, 0.25) is 11.8 Å². The van der Waals surface area contributed by atoms with Crippen LogP contribution < -0.4 is 10.6 Å². The van der Waals surface area contributed by atoms with Crippen LogP contribution in [0.4, 0.5) is 0 Å². The molecule has 23 heavy (non-hydrogen) atoms. The molecule has 1 atom stereocenters. The molecule has 0 spiro atoms. The maximum Gasteiger partial charge on any atom is 0.326 e. The van der Waals surface area contributed by atoms with Crippen molar-refractivity contribution in [3.05, 3.63) is 35.9 Å². The summed E-state index contributed by atoms with van der Waals surface area (Å²) < 4.78 is 0. The first kappa shape index (κ1) is 17.0. The molecule has 0 heterocycles. The van der Waals surface area contributed by atoms with Crippen molar-refractivity contribution in [1.29, 1.82) is 0 Å². The Bertz CT molecular complexity index is 555. The Kier molecular flexibility index (Phi) is 6.14. The van der Waals surface area contributed by atoms with E-state index in [2.05, 4.69) is 10.6 Å². The number of aliphatic carboxylic acids is 1. The van der Waals surface area contributed by atoms with Crippen LogP contribution in [0.25, 0.3) is 0 Å². The Balaban J connectivity index is 1.65. The first-order valence-electron chi connectivity index (χ1n) is 7.87. The number of hydrogen-bond donors (Lipinski definition) is 3. The van der Waals surface area contributed by atoms with Crippen LogP contribution in [0.3, 0.4) is 0 Å². The molecule has 0 bridgehead atoms.